The van der Waals surface area contributed by atoms with E-state index in [9.17, 15) is 10.1 Å². The summed E-state index contributed by atoms with van der Waals surface area (Å²) < 4.78 is 0. The van der Waals surface area contributed by atoms with Gasteiger partial charge in [-0.15, -0.1) is 0 Å². The number of non-ortho nitro benzene ring substituents is 1. The number of nitrogens with one attached hydrogen (secondary N) is 2. The first-order chi connectivity index (χ1) is 11.7. The molecular weight excluding hydrogens is 304 g/mol. The van der Waals surface area contributed by atoms with E-state index >= 15 is 0 Å². The van der Waals surface area contributed by atoms with Gasteiger partial charge in [0.15, 0.2) is 0 Å². The van der Waals surface area contributed by atoms with E-state index < -0.39 is 0 Å². The summed E-state index contributed by atoms with van der Waals surface area (Å²) in [5.74, 6) is 0. The molecule has 118 valence electrons. The van der Waals surface area contributed by atoms with Crippen LogP contribution in [0.1, 0.15) is 0 Å². The Bertz CT molecular complexity index is 1070. The van der Waals surface area contributed by atoms with Crippen LogP contribution in [0.3, 0.4) is 0 Å². The second-order valence-corrected chi connectivity index (χ2v) is 5.50. The molecule has 0 radical (unpaired) electrons. The van der Waals surface area contributed by atoms with Gasteiger partial charge < -0.3 is 10.3 Å². The molecule has 4 rings (SSSR count). The summed E-state index contributed by atoms with van der Waals surface area (Å²) in [6, 6.07) is 14.8. The van der Waals surface area contributed by atoms with Crippen LogP contribution < -0.4 is 5.32 Å². The number of hydrogen-bond donors (Lipinski definition) is 2. The fourth-order valence-corrected chi connectivity index (χ4v) is 3.05. The first-order valence-corrected chi connectivity index (χ1v) is 7.51. The van der Waals surface area contributed by atoms with Crippen LogP contribution in [0.4, 0.5) is 11.4 Å². The number of nitro groups is 1. The monoisotopic (exact) mass is 318 g/mol. The Hall–Kier alpha value is -3.41. The summed E-state index contributed by atoms with van der Waals surface area (Å²) in [5.41, 5.74) is 4.49. The van der Waals surface area contributed by atoms with Gasteiger partial charge in [-0.3, -0.25) is 10.1 Å². The maximum Gasteiger partial charge on any atom is 0.270 e. The van der Waals surface area contributed by atoms with Crippen molar-refractivity contribution in [2.24, 2.45) is 0 Å². The third-order valence-electron chi connectivity index (χ3n) is 4.15. The molecule has 2 heterocycles. The lowest BCUT2D eigenvalue weighted by molar-refractivity contribution is -0.384. The summed E-state index contributed by atoms with van der Waals surface area (Å²) >= 11 is 0. The molecule has 2 aromatic carbocycles. The predicted octanol–water partition coefficient (Wildman–Crippen LogP) is 4.33. The zero-order valence-electron chi connectivity index (χ0n) is 12.9. The number of nitrogens with zero attached hydrogens (tertiary/aromatic N) is 2. The van der Waals surface area contributed by atoms with E-state index in [0.29, 0.717) is 5.65 Å². The molecule has 0 bridgehead atoms. The number of aromatic amines is 1. The van der Waals surface area contributed by atoms with Gasteiger partial charge in [0.25, 0.3) is 5.69 Å². The first kappa shape index (κ1) is 14.2. The molecule has 0 fully saturated rings. The van der Waals surface area contributed by atoms with E-state index in [1.165, 1.54) is 6.07 Å². The highest BCUT2D eigenvalue weighted by Crippen LogP contribution is 2.39. The minimum Gasteiger partial charge on any atom is -0.386 e. The number of rotatable bonds is 3. The van der Waals surface area contributed by atoms with Crippen LogP contribution in [0.5, 0.6) is 0 Å². The molecule has 0 aliphatic rings. The number of pyridine rings is 1. The minimum atomic E-state index is -0.379. The van der Waals surface area contributed by atoms with E-state index in [0.717, 1.165) is 33.1 Å². The van der Waals surface area contributed by atoms with Crippen LogP contribution in [0, 0.1) is 10.1 Å². The normalized spacial score (nSPS) is 11.0. The highest BCUT2D eigenvalue weighted by atomic mass is 16.6. The average molecular weight is 318 g/mol. The Morgan fingerprint density at radius 3 is 2.67 bits per heavy atom. The number of benzene rings is 2. The number of aromatic nitrogens is 2. The Kier molecular flexibility index (Phi) is 3.16. The Labute approximate surface area is 137 Å². The molecule has 6 nitrogen and oxygen atoms in total. The molecule has 0 saturated carbocycles. The third-order valence-corrected chi connectivity index (χ3v) is 4.15. The molecule has 2 aromatic heterocycles. The van der Waals surface area contributed by atoms with Crippen molar-refractivity contribution in [3.63, 3.8) is 0 Å². The van der Waals surface area contributed by atoms with Gasteiger partial charge in [-0.2, -0.15) is 0 Å². The highest BCUT2D eigenvalue weighted by molar-refractivity contribution is 6.16. The Balaban J connectivity index is 2.16. The Morgan fingerprint density at radius 2 is 1.96 bits per heavy atom. The number of fused-ring (bicyclic) bond motifs is 3. The minimum absolute atomic E-state index is 0.0669. The quantitative estimate of drug-likeness (QED) is 0.435. The van der Waals surface area contributed by atoms with Gasteiger partial charge >= 0.3 is 0 Å². The van der Waals surface area contributed by atoms with Crippen molar-refractivity contribution in [1.29, 1.82) is 0 Å². The molecule has 24 heavy (non-hydrogen) atoms. The van der Waals surface area contributed by atoms with Crippen molar-refractivity contribution in [2.75, 3.05) is 12.4 Å². The van der Waals surface area contributed by atoms with E-state index in [4.69, 9.17) is 0 Å². The number of hydrogen-bond acceptors (Lipinski definition) is 4. The van der Waals surface area contributed by atoms with Crippen molar-refractivity contribution < 1.29 is 4.92 Å². The SMILES string of the molecule is CNc1cnc2[nH]c3ccc([N+](=O)[O-])cc3c2c1-c1ccccc1. The van der Waals surface area contributed by atoms with Gasteiger partial charge in [0.2, 0.25) is 0 Å². The van der Waals surface area contributed by atoms with Gasteiger partial charge in [-0.25, -0.2) is 4.98 Å². The van der Waals surface area contributed by atoms with E-state index in [1.54, 1.807) is 18.3 Å². The van der Waals surface area contributed by atoms with E-state index in [1.807, 2.05) is 37.4 Å². The standard InChI is InChI=1S/C18H14N4O2/c1-19-15-10-20-18-17(16(15)11-5-3-2-4-6-11)13-9-12(22(23)24)7-8-14(13)21-18/h2-10,19H,1H3,(H,20,21). The summed E-state index contributed by atoms with van der Waals surface area (Å²) in [4.78, 5) is 18.5. The molecule has 0 spiro atoms. The molecule has 2 N–H and O–H groups in total. The first-order valence-electron chi connectivity index (χ1n) is 7.51. The van der Waals surface area contributed by atoms with Crippen LogP contribution in [-0.4, -0.2) is 21.9 Å². The molecule has 4 aromatic rings. The molecule has 0 atom stereocenters. The predicted molar refractivity (Wildman–Crippen MR) is 95.2 cm³/mol. The maximum atomic E-state index is 11.1. The summed E-state index contributed by atoms with van der Waals surface area (Å²) in [6.07, 6.45) is 1.77. The maximum absolute atomic E-state index is 11.1. The number of H-pyrrole nitrogens is 1. The largest absolute Gasteiger partial charge is 0.386 e. The Morgan fingerprint density at radius 1 is 1.17 bits per heavy atom. The lowest BCUT2D eigenvalue weighted by Gasteiger charge is -2.10. The average Bonchev–Trinajstić information content (AvgIpc) is 2.99. The van der Waals surface area contributed by atoms with Gasteiger partial charge in [-0.1, -0.05) is 30.3 Å². The van der Waals surface area contributed by atoms with Crippen molar-refractivity contribution in [2.45, 2.75) is 0 Å². The zero-order chi connectivity index (χ0) is 16.7. The van der Waals surface area contributed by atoms with Gasteiger partial charge in [0.1, 0.15) is 5.65 Å². The van der Waals surface area contributed by atoms with Crippen LogP contribution in [0.2, 0.25) is 0 Å². The van der Waals surface area contributed by atoms with E-state index in [-0.39, 0.29) is 10.6 Å². The van der Waals surface area contributed by atoms with Crippen LogP contribution in [-0.2, 0) is 0 Å². The van der Waals surface area contributed by atoms with Gasteiger partial charge in [-0.05, 0) is 11.6 Å². The van der Waals surface area contributed by atoms with Crippen molar-refractivity contribution in [1.82, 2.24) is 9.97 Å². The van der Waals surface area contributed by atoms with Crippen LogP contribution in [0.25, 0.3) is 33.1 Å². The van der Waals surface area contributed by atoms with E-state index in [2.05, 4.69) is 15.3 Å². The molecule has 0 amide bonds. The van der Waals surface area contributed by atoms with Crippen LogP contribution >= 0.6 is 0 Å². The van der Waals surface area contributed by atoms with Crippen LogP contribution in [0.15, 0.2) is 54.7 Å². The number of anilines is 1. The fraction of sp³-hybridized carbons (Fsp3) is 0.0556. The molecular formula is C18H14N4O2. The fourth-order valence-electron chi connectivity index (χ4n) is 3.05. The summed E-state index contributed by atoms with van der Waals surface area (Å²) in [7, 11) is 1.84. The van der Waals surface area contributed by atoms with Crippen molar-refractivity contribution in [3.8, 4) is 11.1 Å². The van der Waals surface area contributed by atoms with Gasteiger partial charge in [0, 0.05) is 41.0 Å². The zero-order valence-corrected chi connectivity index (χ0v) is 12.9. The second kappa shape index (κ2) is 5.34. The summed E-state index contributed by atoms with van der Waals surface area (Å²) in [5, 5.41) is 16.0. The molecule has 0 saturated heterocycles. The molecule has 0 aliphatic carbocycles. The molecule has 6 heteroatoms. The van der Waals surface area contributed by atoms with Crippen molar-refractivity contribution in [3.05, 3.63) is 64.8 Å². The topological polar surface area (TPSA) is 83.8 Å². The summed E-state index contributed by atoms with van der Waals surface area (Å²) in [6.45, 7) is 0. The third kappa shape index (κ3) is 2.08. The molecule has 0 aliphatic heterocycles. The second-order valence-electron chi connectivity index (χ2n) is 5.50. The smallest absolute Gasteiger partial charge is 0.270 e. The number of nitro benzene ring substituents is 1. The lowest BCUT2D eigenvalue weighted by atomic mass is 9.99. The van der Waals surface area contributed by atoms with Crippen molar-refractivity contribution >= 4 is 33.3 Å². The molecule has 0 unspecified atom stereocenters. The highest BCUT2D eigenvalue weighted by Gasteiger charge is 2.17. The van der Waals surface area contributed by atoms with Gasteiger partial charge in [0.05, 0.1) is 16.8 Å². The lowest BCUT2D eigenvalue weighted by Crippen LogP contribution is -1.94.